The van der Waals surface area contributed by atoms with Crippen molar-refractivity contribution in [2.75, 3.05) is 5.32 Å². The second-order valence-corrected chi connectivity index (χ2v) is 4.43. The van der Waals surface area contributed by atoms with Crippen molar-refractivity contribution in [3.8, 4) is 5.82 Å². The average molecular weight is 279 g/mol. The highest BCUT2D eigenvalue weighted by molar-refractivity contribution is 6.03. The standard InChI is InChI=1S/C15H13N5O/c1-11-16-7-8-20(11)14-9-13(17-10-18-14)19-15(21)12-5-3-2-4-6-12/h2-10H,1H3,(H,17,18,19,21). The van der Waals surface area contributed by atoms with Gasteiger partial charge in [0.25, 0.3) is 5.91 Å². The quantitative estimate of drug-likeness (QED) is 0.798. The van der Waals surface area contributed by atoms with Crippen LogP contribution in [0.15, 0.2) is 55.1 Å². The highest BCUT2D eigenvalue weighted by atomic mass is 16.1. The van der Waals surface area contributed by atoms with E-state index in [4.69, 9.17) is 0 Å². The number of benzene rings is 1. The summed E-state index contributed by atoms with van der Waals surface area (Å²) in [4.78, 5) is 24.5. The second-order valence-electron chi connectivity index (χ2n) is 4.43. The maximum Gasteiger partial charge on any atom is 0.256 e. The van der Waals surface area contributed by atoms with Gasteiger partial charge in [-0.25, -0.2) is 15.0 Å². The first-order valence-electron chi connectivity index (χ1n) is 6.43. The summed E-state index contributed by atoms with van der Waals surface area (Å²) in [7, 11) is 0. The number of carbonyl (C=O) groups is 1. The highest BCUT2D eigenvalue weighted by Gasteiger charge is 2.08. The zero-order chi connectivity index (χ0) is 14.7. The van der Waals surface area contributed by atoms with Crippen molar-refractivity contribution in [2.45, 2.75) is 6.92 Å². The van der Waals surface area contributed by atoms with Crippen LogP contribution in [0.4, 0.5) is 5.82 Å². The maximum atomic E-state index is 12.1. The summed E-state index contributed by atoms with van der Waals surface area (Å²) in [6.07, 6.45) is 4.91. The van der Waals surface area contributed by atoms with Gasteiger partial charge in [-0.2, -0.15) is 0 Å². The molecule has 0 atom stereocenters. The molecule has 0 spiro atoms. The molecule has 0 saturated carbocycles. The van der Waals surface area contributed by atoms with Gasteiger partial charge in [-0.3, -0.25) is 9.36 Å². The molecular weight excluding hydrogens is 266 g/mol. The van der Waals surface area contributed by atoms with Gasteiger partial charge in [-0.05, 0) is 19.1 Å². The van der Waals surface area contributed by atoms with Crippen LogP contribution >= 0.6 is 0 Å². The lowest BCUT2D eigenvalue weighted by atomic mass is 10.2. The zero-order valence-electron chi connectivity index (χ0n) is 11.4. The smallest absolute Gasteiger partial charge is 0.256 e. The van der Waals surface area contributed by atoms with Gasteiger partial charge in [-0.15, -0.1) is 0 Å². The molecule has 104 valence electrons. The van der Waals surface area contributed by atoms with Gasteiger partial charge in [0.1, 0.15) is 23.8 Å². The monoisotopic (exact) mass is 279 g/mol. The largest absolute Gasteiger partial charge is 0.306 e. The molecule has 0 aliphatic heterocycles. The van der Waals surface area contributed by atoms with E-state index in [-0.39, 0.29) is 5.91 Å². The van der Waals surface area contributed by atoms with Crippen molar-refractivity contribution in [3.05, 3.63) is 66.5 Å². The molecule has 2 heterocycles. The van der Waals surface area contributed by atoms with Crippen LogP contribution in [0.25, 0.3) is 5.82 Å². The zero-order valence-corrected chi connectivity index (χ0v) is 11.4. The van der Waals surface area contributed by atoms with Crippen LogP contribution in [0.3, 0.4) is 0 Å². The fourth-order valence-corrected chi connectivity index (χ4v) is 1.95. The van der Waals surface area contributed by atoms with Gasteiger partial charge in [0, 0.05) is 24.0 Å². The van der Waals surface area contributed by atoms with Gasteiger partial charge >= 0.3 is 0 Å². The predicted molar refractivity (Wildman–Crippen MR) is 78.3 cm³/mol. The minimum Gasteiger partial charge on any atom is -0.306 e. The van der Waals surface area contributed by atoms with E-state index in [0.717, 1.165) is 5.82 Å². The molecule has 1 amide bonds. The molecule has 0 aliphatic carbocycles. The minimum atomic E-state index is -0.206. The number of carbonyl (C=O) groups excluding carboxylic acids is 1. The van der Waals surface area contributed by atoms with Crippen molar-refractivity contribution in [1.82, 2.24) is 19.5 Å². The number of imidazole rings is 1. The Balaban J connectivity index is 1.84. The first-order chi connectivity index (χ1) is 10.2. The van der Waals surface area contributed by atoms with Crippen LogP contribution in [0.2, 0.25) is 0 Å². The summed E-state index contributed by atoms with van der Waals surface area (Å²) >= 11 is 0. The molecule has 1 N–H and O–H groups in total. The average Bonchev–Trinajstić information content (AvgIpc) is 2.94. The third kappa shape index (κ3) is 2.79. The van der Waals surface area contributed by atoms with E-state index in [0.29, 0.717) is 17.2 Å². The second kappa shape index (κ2) is 5.54. The molecule has 0 radical (unpaired) electrons. The van der Waals surface area contributed by atoms with Crippen LogP contribution in [0.1, 0.15) is 16.2 Å². The number of nitrogens with zero attached hydrogens (tertiary/aromatic N) is 4. The normalized spacial score (nSPS) is 10.3. The third-order valence-corrected chi connectivity index (χ3v) is 3.00. The first kappa shape index (κ1) is 13.0. The number of amides is 1. The van der Waals surface area contributed by atoms with Crippen molar-refractivity contribution in [2.24, 2.45) is 0 Å². The Labute approximate surface area is 121 Å². The summed E-state index contributed by atoms with van der Waals surface area (Å²) in [5.74, 6) is 1.71. The van der Waals surface area contributed by atoms with Crippen LogP contribution < -0.4 is 5.32 Å². The summed E-state index contributed by atoms with van der Waals surface area (Å²) < 4.78 is 1.82. The van der Waals surface area contributed by atoms with Crippen molar-refractivity contribution in [1.29, 1.82) is 0 Å². The molecule has 1 aromatic carbocycles. The number of aromatic nitrogens is 4. The highest BCUT2D eigenvalue weighted by Crippen LogP contribution is 2.12. The number of anilines is 1. The Morgan fingerprint density at radius 3 is 2.67 bits per heavy atom. The van der Waals surface area contributed by atoms with Crippen LogP contribution in [-0.2, 0) is 0 Å². The lowest BCUT2D eigenvalue weighted by Gasteiger charge is -2.07. The summed E-state index contributed by atoms with van der Waals surface area (Å²) in [6, 6.07) is 10.7. The number of rotatable bonds is 3. The summed E-state index contributed by atoms with van der Waals surface area (Å²) in [5, 5.41) is 2.76. The molecule has 3 rings (SSSR count). The number of hydrogen-bond acceptors (Lipinski definition) is 4. The molecular formula is C15H13N5O. The maximum absolute atomic E-state index is 12.1. The Morgan fingerprint density at radius 1 is 1.14 bits per heavy atom. The summed E-state index contributed by atoms with van der Waals surface area (Å²) in [5.41, 5.74) is 0.580. The molecule has 6 nitrogen and oxygen atoms in total. The van der Waals surface area contributed by atoms with Gasteiger partial charge in [0.15, 0.2) is 0 Å². The van der Waals surface area contributed by atoms with Gasteiger partial charge in [0.2, 0.25) is 0 Å². The lowest BCUT2D eigenvalue weighted by molar-refractivity contribution is 0.102. The van der Waals surface area contributed by atoms with Gasteiger partial charge in [-0.1, -0.05) is 18.2 Å². The fourth-order valence-electron chi connectivity index (χ4n) is 1.95. The van der Waals surface area contributed by atoms with E-state index in [2.05, 4.69) is 20.3 Å². The van der Waals surface area contributed by atoms with Gasteiger partial charge in [0.05, 0.1) is 0 Å². The summed E-state index contributed by atoms with van der Waals surface area (Å²) in [6.45, 7) is 1.88. The van der Waals surface area contributed by atoms with Crippen molar-refractivity contribution < 1.29 is 4.79 Å². The Hall–Kier alpha value is -3.02. The Morgan fingerprint density at radius 2 is 1.95 bits per heavy atom. The first-order valence-corrected chi connectivity index (χ1v) is 6.43. The topological polar surface area (TPSA) is 72.7 Å². The Bertz CT molecular complexity index is 766. The molecule has 21 heavy (non-hydrogen) atoms. The van der Waals surface area contributed by atoms with E-state index in [9.17, 15) is 4.79 Å². The van der Waals surface area contributed by atoms with Crippen LogP contribution in [0.5, 0.6) is 0 Å². The molecule has 0 bridgehead atoms. The molecule has 0 unspecified atom stereocenters. The van der Waals surface area contributed by atoms with Gasteiger partial charge < -0.3 is 5.32 Å². The molecule has 0 aliphatic rings. The van der Waals surface area contributed by atoms with E-state index in [1.54, 1.807) is 30.6 Å². The SMILES string of the molecule is Cc1nccn1-c1cc(NC(=O)c2ccccc2)ncn1. The van der Waals surface area contributed by atoms with Crippen LogP contribution in [-0.4, -0.2) is 25.4 Å². The number of hydrogen-bond donors (Lipinski definition) is 1. The molecule has 6 heteroatoms. The number of aryl methyl sites for hydroxylation is 1. The number of nitrogens with one attached hydrogen (secondary N) is 1. The lowest BCUT2D eigenvalue weighted by Crippen LogP contribution is -2.13. The van der Waals surface area contributed by atoms with E-state index >= 15 is 0 Å². The van der Waals surface area contributed by atoms with Crippen molar-refractivity contribution >= 4 is 11.7 Å². The molecule has 2 aromatic heterocycles. The van der Waals surface area contributed by atoms with E-state index in [1.807, 2.05) is 29.7 Å². The Kier molecular flexibility index (Phi) is 3.42. The van der Waals surface area contributed by atoms with Crippen LogP contribution in [0, 0.1) is 6.92 Å². The molecule has 0 saturated heterocycles. The molecule has 0 fully saturated rings. The molecule has 3 aromatic rings. The van der Waals surface area contributed by atoms with E-state index < -0.39 is 0 Å². The van der Waals surface area contributed by atoms with E-state index in [1.165, 1.54) is 6.33 Å². The fraction of sp³-hybridized carbons (Fsp3) is 0.0667. The van der Waals surface area contributed by atoms with Crippen molar-refractivity contribution in [3.63, 3.8) is 0 Å². The predicted octanol–water partition coefficient (Wildman–Crippen LogP) is 2.22. The third-order valence-electron chi connectivity index (χ3n) is 3.00. The minimum absolute atomic E-state index is 0.206.